The number of carbonyl (C=O) groups is 1. The fourth-order valence-electron chi connectivity index (χ4n) is 1.81. The van der Waals surface area contributed by atoms with Gasteiger partial charge >= 0.3 is 5.97 Å². The third kappa shape index (κ3) is 4.20. The number of likely N-dealkylation sites (N-methyl/N-ethyl adjacent to an activating group) is 1. The molecule has 1 aromatic carbocycles. The molecule has 0 spiro atoms. The van der Waals surface area contributed by atoms with Crippen molar-refractivity contribution in [1.29, 1.82) is 0 Å². The second kappa shape index (κ2) is 7.24. The van der Waals surface area contributed by atoms with Gasteiger partial charge in [0.25, 0.3) is 0 Å². The monoisotopic (exact) mass is 283 g/mol. The molecular formula is C15H22FNO3. The number of halogens is 1. The SMILES string of the molecule is CCNC(C)(COc1cc(F)ccc1C)C(=O)OCC. The minimum Gasteiger partial charge on any atom is -0.491 e. The first kappa shape index (κ1) is 16.4. The minimum atomic E-state index is -0.955. The summed E-state index contributed by atoms with van der Waals surface area (Å²) in [5, 5.41) is 3.05. The van der Waals surface area contributed by atoms with E-state index in [0.717, 1.165) is 5.56 Å². The first-order valence-corrected chi connectivity index (χ1v) is 6.74. The zero-order valence-corrected chi connectivity index (χ0v) is 12.5. The maximum absolute atomic E-state index is 13.2. The van der Waals surface area contributed by atoms with Crippen LogP contribution < -0.4 is 10.1 Å². The molecule has 0 amide bonds. The molecule has 1 atom stereocenters. The van der Waals surface area contributed by atoms with Crippen molar-refractivity contribution in [2.75, 3.05) is 19.8 Å². The van der Waals surface area contributed by atoms with Crippen molar-refractivity contribution in [3.05, 3.63) is 29.6 Å². The van der Waals surface area contributed by atoms with Crippen LogP contribution in [-0.2, 0) is 9.53 Å². The molecule has 1 rings (SSSR count). The summed E-state index contributed by atoms with van der Waals surface area (Å²) in [6.07, 6.45) is 0. The van der Waals surface area contributed by atoms with E-state index in [-0.39, 0.29) is 18.4 Å². The Morgan fingerprint density at radius 1 is 1.40 bits per heavy atom. The van der Waals surface area contributed by atoms with Gasteiger partial charge in [-0.2, -0.15) is 0 Å². The quantitative estimate of drug-likeness (QED) is 0.781. The summed E-state index contributed by atoms with van der Waals surface area (Å²) in [4.78, 5) is 12.0. The van der Waals surface area contributed by atoms with Gasteiger partial charge in [-0.3, -0.25) is 5.32 Å². The van der Waals surface area contributed by atoms with Crippen molar-refractivity contribution in [3.63, 3.8) is 0 Å². The van der Waals surface area contributed by atoms with Crippen molar-refractivity contribution >= 4 is 5.97 Å². The summed E-state index contributed by atoms with van der Waals surface area (Å²) >= 11 is 0. The molecule has 4 nitrogen and oxygen atoms in total. The van der Waals surface area contributed by atoms with Crippen molar-refractivity contribution in [2.45, 2.75) is 33.2 Å². The first-order valence-electron chi connectivity index (χ1n) is 6.74. The maximum atomic E-state index is 13.2. The zero-order chi connectivity index (χ0) is 15.2. The molecule has 0 saturated carbocycles. The topological polar surface area (TPSA) is 47.6 Å². The van der Waals surface area contributed by atoms with Gasteiger partial charge in [0.05, 0.1) is 6.61 Å². The second-order valence-electron chi connectivity index (χ2n) is 4.78. The van der Waals surface area contributed by atoms with Crippen LogP contribution in [0.4, 0.5) is 4.39 Å². The van der Waals surface area contributed by atoms with Gasteiger partial charge in [-0.05, 0) is 38.9 Å². The van der Waals surface area contributed by atoms with Gasteiger partial charge in [-0.25, -0.2) is 9.18 Å². The molecule has 20 heavy (non-hydrogen) atoms. The van der Waals surface area contributed by atoms with E-state index in [2.05, 4.69) is 5.32 Å². The molecule has 0 aromatic heterocycles. The van der Waals surface area contributed by atoms with Gasteiger partial charge in [0.2, 0.25) is 0 Å². The Kier molecular flexibility index (Phi) is 5.95. The minimum absolute atomic E-state index is 0.0734. The third-order valence-electron chi connectivity index (χ3n) is 2.96. The summed E-state index contributed by atoms with van der Waals surface area (Å²) in [6, 6.07) is 4.32. The van der Waals surface area contributed by atoms with E-state index in [1.165, 1.54) is 12.1 Å². The lowest BCUT2D eigenvalue weighted by Crippen LogP contribution is -2.54. The highest BCUT2D eigenvalue weighted by molar-refractivity contribution is 5.80. The van der Waals surface area contributed by atoms with Crippen molar-refractivity contribution < 1.29 is 18.7 Å². The van der Waals surface area contributed by atoms with Gasteiger partial charge in [-0.1, -0.05) is 13.0 Å². The van der Waals surface area contributed by atoms with Crippen LogP contribution >= 0.6 is 0 Å². The standard InChI is InChI=1S/C15H22FNO3/c1-5-17-15(4,14(18)19-6-2)10-20-13-9-12(16)8-7-11(13)3/h7-9,17H,5-6,10H2,1-4H3. The van der Waals surface area contributed by atoms with Gasteiger partial charge in [-0.15, -0.1) is 0 Å². The molecule has 0 saturated heterocycles. The number of carbonyl (C=O) groups excluding carboxylic acids is 1. The Labute approximate surface area is 119 Å². The first-order chi connectivity index (χ1) is 9.42. The van der Waals surface area contributed by atoms with E-state index in [0.29, 0.717) is 18.9 Å². The predicted molar refractivity (Wildman–Crippen MR) is 75.3 cm³/mol. The molecule has 0 heterocycles. The Morgan fingerprint density at radius 3 is 2.70 bits per heavy atom. The lowest BCUT2D eigenvalue weighted by Gasteiger charge is -2.28. The zero-order valence-electron chi connectivity index (χ0n) is 12.5. The van der Waals surface area contributed by atoms with Gasteiger partial charge in [0, 0.05) is 6.07 Å². The van der Waals surface area contributed by atoms with Crippen LogP contribution in [0.15, 0.2) is 18.2 Å². The van der Waals surface area contributed by atoms with Crippen LogP contribution in [0.5, 0.6) is 5.75 Å². The van der Waals surface area contributed by atoms with Gasteiger partial charge in [0.15, 0.2) is 0 Å². The Balaban J connectivity index is 2.81. The van der Waals surface area contributed by atoms with Crippen LogP contribution in [0, 0.1) is 12.7 Å². The number of benzene rings is 1. The average molecular weight is 283 g/mol. The molecule has 5 heteroatoms. The average Bonchev–Trinajstić information content (AvgIpc) is 2.40. The largest absolute Gasteiger partial charge is 0.491 e. The highest BCUT2D eigenvalue weighted by atomic mass is 19.1. The molecule has 1 aromatic rings. The highest BCUT2D eigenvalue weighted by Crippen LogP contribution is 2.20. The number of aryl methyl sites for hydroxylation is 1. The molecule has 0 aliphatic carbocycles. The number of hydrogen-bond donors (Lipinski definition) is 1. The summed E-state index contributed by atoms with van der Waals surface area (Å²) in [5.74, 6) is -0.318. The van der Waals surface area contributed by atoms with Crippen molar-refractivity contribution in [1.82, 2.24) is 5.32 Å². The summed E-state index contributed by atoms with van der Waals surface area (Å²) < 4.78 is 23.9. The number of rotatable bonds is 7. The van der Waals surface area contributed by atoms with Crippen LogP contribution in [-0.4, -0.2) is 31.3 Å². The summed E-state index contributed by atoms with van der Waals surface area (Å²) in [6.45, 7) is 8.16. The predicted octanol–water partition coefficient (Wildman–Crippen LogP) is 2.44. The maximum Gasteiger partial charge on any atom is 0.329 e. The van der Waals surface area contributed by atoms with Crippen LogP contribution in [0.2, 0.25) is 0 Å². The highest BCUT2D eigenvalue weighted by Gasteiger charge is 2.35. The van der Waals surface area contributed by atoms with Gasteiger partial charge < -0.3 is 9.47 Å². The van der Waals surface area contributed by atoms with E-state index in [1.807, 2.05) is 13.8 Å². The Bertz CT molecular complexity index is 464. The Hall–Kier alpha value is -1.62. The molecule has 0 radical (unpaired) electrons. The van der Waals surface area contributed by atoms with E-state index >= 15 is 0 Å². The molecule has 112 valence electrons. The molecule has 0 fully saturated rings. The third-order valence-corrected chi connectivity index (χ3v) is 2.96. The molecular weight excluding hydrogens is 261 g/mol. The van der Waals surface area contributed by atoms with Crippen LogP contribution in [0.25, 0.3) is 0 Å². The molecule has 0 bridgehead atoms. The fourth-order valence-corrected chi connectivity index (χ4v) is 1.81. The fraction of sp³-hybridized carbons (Fsp3) is 0.533. The van der Waals surface area contributed by atoms with Gasteiger partial charge in [0.1, 0.15) is 23.7 Å². The smallest absolute Gasteiger partial charge is 0.329 e. The van der Waals surface area contributed by atoms with E-state index in [9.17, 15) is 9.18 Å². The number of esters is 1. The number of nitrogens with one attached hydrogen (secondary N) is 1. The van der Waals surface area contributed by atoms with E-state index in [4.69, 9.17) is 9.47 Å². The molecule has 1 unspecified atom stereocenters. The number of hydrogen-bond acceptors (Lipinski definition) is 4. The van der Waals surface area contributed by atoms with Crippen molar-refractivity contribution in [2.24, 2.45) is 0 Å². The van der Waals surface area contributed by atoms with Crippen molar-refractivity contribution in [3.8, 4) is 5.75 Å². The van der Waals surface area contributed by atoms with Crippen LogP contribution in [0.1, 0.15) is 26.3 Å². The second-order valence-corrected chi connectivity index (χ2v) is 4.78. The molecule has 1 N–H and O–H groups in total. The molecule has 0 aliphatic heterocycles. The lowest BCUT2D eigenvalue weighted by atomic mass is 10.0. The Morgan fingerprint density at radius 2 is 2.10 bits per heavy atom. The van der Waals surface area contributed by atoms with E-state index < -0.39 is 5.54 Å². The van der Waals surface area contributed by atoms with Crippen LogP contribution in [0.3, 0.4) is 0 Å². The summed E-state index contributed by atoms with van der Waals surface area (Å²) in [7, 11) is 0. The molecule has 0 aliphatic rings. The van der Waals surface area contributed by atoms with E-state index in [1.54, 1.807) is 19.9 Å². The number of ether oxygens (including phenoxy) is 2. The summed E-state index contributed by atoms with van der Waals surface area (Å²) in [5.41, 5.74) is -0.141. The normalized spacial score (nSPS) is 13.7. The lowest BCUT2D eigenvalue weighted by molar-refractivity contribution is -0.151.